The largest absolute Gasteiger partial charge is 0.444 e. The zero-order chi connectivity index (χ0) is 21.4. The van der Waals surface area contributed by atoms with Crippen LogP contribution < -0.4 is 5.32 Å². The van der Waals surface area contributed by atoms with Crippen LogP contribution in [0.25, 0.3) is 0 Å². The van der Waals surface area contributed by atoms with Gasteiger partial charge in [-0.2, -0.15) is 0 Å². The Bertz CT molecular complexity index is 544. The summed E-state index contributed by atoms with van der Waals surface area (Å²) in [6, 6.07) is 0. The average molecular weight is 538 g/mol. The summed E-state index contributed by atoms with van der Waals surface area (Å²) < 4.78 is 5.56. The van der Waals surface area contributed by atoms with E-state index in [0.717, 1.165) is 58.1 Å². The molecule has 0 aromatic carbocycles. The number of nitrogens with one attached hydrogen (secondary N) is 1. The van der Waals surface area contributed by atoms with Crippen LogP contribution in [0.3, 0.4) is 0 Å². The fraction of sp³-hybridized carbons (Fsp3) is 0.909. The lowest BCUT2D eigenvalue weighted by atomic mass is 9.96. The molecule has 176 valence electrons. The summed E-state index contributed by atoms with van der Waals surface area (Å²) in [7, 11) is 2.19. The number of ether oxygens (including phenoxy) is 1. The van der Waals surface area contributed by atoms with Crippen LogP contribution in [0, 0.1) is 11.8 Å². The van der Waals surface area contributed by atoms with E-state index in [2.05, 4.69) is 29.1 Å². The third kappa shape index (κ3) is 9.16. The molecule has 2 aliphatic rings. The van der Waals surface area contributed by atoms with E-state index in [1.165, 1.54) is 13.0 Å². The molecule has 0 aromatic heterocycles. The number of nitrogens with zero attached hydrogens (tertiary/aromatic N) is 4. The normalized spacial score (nSPS) is 21.3. The van der Waals surface area contributed by atoms with Gasteiger partial charge in [0.1, 0.15) is 5.60 Å². The molecule has 2 aliphatic heterocycles. The van der Waals surface area contributed by atoms with Crippen molar-refractivity contribution in [2.24, 2.45) is 16.8 Å². The lowest BCUT2D eigenvalue weighted by molar-refractivity contribution is 0.0214. The van der Waals surface area contributed by atoms with Crippen molar-refractivity contribution in [1.29, 1.82) is 0 Å². The van der Waals surface area contributed by atoms with Gasteiger partial charge in [-0.25, -0.2) is 4.79 Å². The van der Waals surface area contributed by atoms with Crippen molar-refractivity contribution >= 4 is 36.0 Å². The van der Waals surface area contributed by atoms with Gasteiger partial charge in [-0.3, -0.25) is 4.99 Å². The summed E-state index contributed by atoms with van der Waals surface area (Å²) in [6.45, 7) is 17.5. The molecule has 2 saturated heterocycles. The lowest BCUT2D eigenvalue weighted by Crippen LogP contribution is -2.48. The van der Waals surface area contributed by atoms with Crippen LogP contribution in [-0.4, -0.2) is 91.8 Å². The number of halogens is 1. The van der Waals surface area contributed by atoms with E-state index in [4.69, 9.17) is 9.73 Å². The molecule has 0 bridgehead atoms. The van der Waals surface area contributed by atoms with E-state index >= 15 is 0 Å². The van der Waals surface area contributed by atoms with Crippen LogP contribution in [0.4, 0.5) is 4.79 Å². The maximum Gasteiger partial charge on any atom is 0.410 e. The third-order valence-electron chi connectivity index (χ3n) is 5.75. The Hall–Kier alpha value is -0.770. The molecule has 8 heteroatoms. The summed E-state index contributed by atoms with van der Waals surface area (Å²) >= 11 is 0. The fourth-order valence-electron chi connectivity index (χ4n) is 4.11. The van der Waals surface area contributed by atoms with Gasteiger partial charge in [-0.15, -0.1) is 24.0 Å². The Labute approximate surface area is 201 Å². The molecule has 2 heterocycles. The van der Waals surface area contributed by atoms with Crippen LogP contribution in [0.2, 0.25) is 0 Å². The average Bonchev–Trinajstić information content (AvgIpc) is 3.07. The van der Waals surface area contributed by atoms with Crippen molar-refractivity contribution in [3.05, 3.63) is 0 Å². The SMILES string of the molecule is CCNC(=NCC1CCN(C)C1)N1CCC(CN(CC)C(=O)OC(C)(C)C)CC1.I. The number of carbonyl (C=O) groups excluding carboxylic acids is 1. The minimum Gasteiger partial charge on any atom is -0.444 e. The second-order valence-electron chi connectivity index (χ2n) is 9.56. The number of likely N-dealkylation sites (tertiary alicyclic amines) is 2. The number of piperidine rings is 1. The standard InChI is InChI=1S/C22H43N5O2.HI/c1-7-23-20(24-15-19-9-12-25(6)16-19)27-13-10-18(11-14-27)17-26(8-2)21(28)29-22(3,4)5;/h18-19H,7-17H2,1-6H3,(H,23,24);1H. The Balaban J connectivity index is 0.00000450. The number of guanidine groups is 1. The molecule has 1 unspecified atom stereocenters. The molecule has 2 rings (SSSR count). The molecule has 0 aliphatic carbocycles. The second-order valence-corrected chi connectivity index (χ2v) is 9.56. The van der Waals surface area contributed by atoms with Crippen LogP contribution in [0.15, 0.2) is 4.99 Å². The van der Waals surface area contributed by atoms with E-state index in [1.807, 2.05) is 32.6 Å². The van der Waals surface area contributed by atoms with E-state index < -0.39 is 5.60 Å². The van der Waals surface area contributed by atoms with E-state index in [9.17, 15) is 4.79 Å². The van der Waals surface area contributed by atoms with Gasteiger partial charge in [0.15, 0.2) is 5.96 Å². The fourth-order valence-corrected chi connectivity index (χ4v) is 4.11. The molecule has 7 nitrogen and oxygen atoms in total. The Morgan fingerprint density at radius 3 is 2.27 bits per heavy atom. The molecule has 30 heavy (non-hydrogen) atoms. The van der Waals surface area contributed by atoms with E-state index in [0.29, 0.717) is 18.4 Å². The van der Waals surface area contributed by atoms with Gasteiger partial charge in [0, 0.05) is 45.8 Å². The molecule has 0 radical (unpaired) electrons. The van der Waals surface area contributed by atoms with Gasteiger partial charge < -0.3 is 24.8 Å². The summed E-state index contributed by atoms with van der Waals surface area (Å²) in [5.41, 5.74) is -0.445. The highest BCUT2D eigenvalue weighted by Gasteiger charge is 2.27. The molecule has 1 atom stereocenters. The molecule has 1 amide bonds. The highest BCUT2D eigenvalue weighted by Crippen LogP contribution is 2.21. The second kappa shape index (κ2) is 12.9. The Morgan fingerprint density at radius 2 is 1.77 bits per heavy atom. The molecule has 0 spiro atoms. The zero-order valence-corrected chi connectivity index (χ0v) is 22.3. The van der Waals surface area contributed by atoms with Crippen LogP contribution in [-0.2, 0) is 4.74 Å². The first kappa shape index (κ1) is 27.3. The number of hydrogen-bond donors (Lipinski definition) is 1. The smallest absolute Gasteiger partial charge is 0.410 e. The van der Waals surface area contributed by atoms with Crippen LogP contribution in [0.1, 0.15) is 53.9 Å². The number of aliphatic imine (C=N–C) groups is 1. The molecular formula is C22H44IN5O2. The lowest BCUT2D eigenvalue weighted by Gasteiger charge is -2.36. The van der Waals surface area contributed by atoms with Gasteiger partial charge in [0.2, 0.25) is 0 Å². The van der Waals surface area contributed by atoms with Gasteiger partial charge >= 0.3 is 6.09 Å². The topological polar surface area (TPSA) is 60.4 Å². The van der Waals surface area contributed by atoms with Gasteiger partial charge in [0.05, 0.1) is 0 Å². The highest BCUT2D eigenvalue weighted by atomic mass is 127. The van der Waals surface area contributed by atoms with Crippen molar-refractivity contribution in [3.8, 4) is 0 Å². The quantitative estimate of drug-likeness (QED) is 0.320. The van der Waals surface area contributed by atoms with Crippen molar-refractivity contribution in [3.63, 3.8) is 0 Å². The van der Waals surface area contributed by atoms with Crippen molar-refractivity contribution in [1.82, 2.24) is 20.0 Å². The number of rotatable bonds is 6. The number of hydrogen-bond acceptors (Lipinski definition) is 4. The van der Waals surface area contributed by atoms with Gasteiger partial charge in [-0.05, 0) is 79.3 Å². The maximum absolute atomic E-state index is 12.4. The molecule has 2 fully saturated rings. The van der Waals surface area contributed by atoms with Crippen LogP contribution in [0.5, 0.6) is 0 Å². The van der Waals surface area contributed by atoms with Crippen molar-refractivity contribution in [2.75, 3.05) is 59.4 Å². The summed E-state index contributed by atoms with van der Waals surface area (Å²) in [6.07, 6.45) is 3.21. The summed E-state index contributed by atoms with van der Waals surface area (Å²) in [5.74, 6) is 2.25. The Morgan fingerprint density at radius 1 is 1.13 bits per heavy atom. The minimum atomic E-state index is -0.445. The first-order valence-electron chi connectivity index (χ1n) is 11.4. The van der Waals surface area contributed by atoms with Gasteiger partial charge in [-0.1, -0.05) is 0 Å². The van der Waals surface area contributed by atoms with E-state index in [1.54, 1.807) is 0 Å². The first-order valence-corrected chi connectivity index (χ1v) is 11.4. The zero-order valence-electron chi connectivity index (χ0n) is 19.9. The molecule has 1 N–H and O–H groups in total. The van der Waals surface area contributed by atoms with E-state index in [-0.39, 0.29) is 30.1 Å². The summed E-state index contributed by atoms with van der Waals surface area (Å²) in [5, 5.41) is 3.48. The van der Waals surface area contributed by atoms with Crippen molar-refractivity contribution in [2.45, 2.75) is 59.5 Å². The molecule has 0 aromatic rings. The molecular weight excluding hydrogens is 493 g/mol. The van der Waals surface area contributed by atoms with Gasteiger partial charge in [0.25, 0.3) is 0 Å². The number of amides is 1. The predicted octanol–water partition coefficient (Wildman–Crippen LogP) is 3.49. The minimum absolute atomic E-state index is 0. The first-order chi connectivity index (χ1) is 13.7. The Kier molecular flexibility index (Phi) is 11.8. The number of carbonyl (C=O) groups is 1. The third-order valence-corrected chi connectivity index (χ3v) is 5.75. The maximum atomic E-state index is 12.4. The van der Waals surface area contributed by atoms with Crippen molar-refractivity contribution < 1.29 is 9.53 Å². The predicted molar refractivity (Wildman–Crippen MR) is 135 cm³/mol. The molecule has 0 saturated carbocycles. The van der Waals surface area contributed by atoms with Crippen LogP contribution >= 0.6 is 24.0 Å². The monoisotopic (exact) mass is 537 g/mol. The summed E-state index contributed by atoms with van der Waals surface area (Å²) in [4.78, 5) is 24.0. The highest BCUT2D eigenvalue weighted by molar-refractivity contribution is 14.0.